The van der Waals surface area contributed by atoms with E-state index in [-0.39, 0.29) is 0 Å². The summed E-state index contributed by atoms with van der Waals surface area (Å²) in [5.41, 5.74) is 8.22. The predicted octanol–water partition coefficient (Wildman–Crippen LogP) is 8.99. The molecule has 0 fully saturated rings. The molecule has 2 aromatic carbocycles. The minimum Gasteiger partial charge on any atom is -0.358 e. The maximum atomic E-state index is 3.94. The van der Waals surface area contributed by atoms with Gasteiger partial charge >= 0.3 is 0 Å². The largest absolute Gasteiger partial charge is 0.358 e. The van der Waals surface area contributed by atoms with Crippen LogP contribution in [0.3, 0.4) is 0 Å². The third-order valence-electron chi connectivity index (χ3n) is 5.21. The number of H-pyrrole nitrogens is 1. The number of hydrogen-bond acceptors (Lipinski definition) is 0. The Kier molecular flexibility index (Phi) is 8.22. The fourth-order valence-corrected chi connectivity index (χ4v) is 3.78. The first-order valence-electron chi connectivity index (χ1n) is 11.0. The van der Waals surface area contributed by atoms with E-state index in [1.807, 2.05) is 50.3 Å². The number of aryl methyl sites for hydroxylation is 1. The minimum absolute atomic E-state index is 1.13. The average Bonchev–Trinajstić information content (AvgIpc) is 3.13. The van der Waals surface area contributed by atoms with E-state index in [1.165, 1.54) is 27.6 Å². The van der Waals surface area contributed by atoms with Crippen LogP contribution in [0.4, 0.5) is 0 Å². The van der Waals surface area contributed by atoms with Crippen molar-refractivity contribution in [2.75, 3.05) is 0 Å². The molecule has 0 unspecified atom stereocenters. The quantitative estimate of drug-likeness (QED) is 0.352. The molecule has 0 atom stereocenters. The Hall–Kier alpha value is -3.84. The van der Waals surface area contributed by atoms with E-state index in [2.05, 4.69) is 97.4 Å². The van der Waals surface area contributed by atoms with Crippen LogP contribution < -0.4 is 0 Å². The van der Waals surface area contributed by atoms with Crippen molar-refractivity contribution in [1.82, 2.24) is 4.98 Å². The number of rotatable bonds is 8. The SMILES string of the molecule is C=C/C=C(\C=C/C)c1cc(-c2ccccc2)cc2[nH]c(C)c(\C=C/C=C\C=C/C=C/C)c12. The van der Waals surface area contributed by atoms with E-state index in [9.17, 15) is 0 Å². The highest BCUT2D eigenvalue weighted by Gasteiger charge is 2.14. The van der Waals surface area contributed by atoms with Gasteiger partial charge in [-0.2, -0.15) is 0 Å². The van der Waals surface area contributed by atoms with Crippen LogP contribution in [-0.2, 0) is 0 Å². The highest BCUT2D eigenvalue weighted by atomic mass is 14.7. The molecule has 0 radical (unpaired) electrons. The summed E-state index contributed by atoms with van der Waals surface area (Å²) in [6.45, 7) is 10.1. The minimum atomic E-state index is 1.13. The van der Waals surface area contributed by atoms with Gasteiger partial charge in [0.05, 0.1) is 0 Å². The Bertz CT molecular complexity index is 1240. The number of fused-ring (bicyclic) bond motifs is 1. The van der Waals surface area contributed by atoms with Gasteiger partial charge < -0.3 is 4.98 Å². The van der Waals surface area contributed by atoms with Crippen molar-refractivity contribution < 1.29 is 0 Å². The summed E-state index contributed by atoms with van der Waals surface area (Å²) in [4.78, 5) is 3.61. The van der Waals surface area contributed by atoms with Crippen LogP contribution in [-0.4, -0.2) is 4.98 Å². The molecule has 0 saturated heterocycles. The molecule has 1 N–H and O–H groups in total. The maximum absolute atomic E-state index is 3.94. The van der Waals surface area contributed by atoms with Gasteiger partial charge in [-0.05, 0) is 55.2 Å². The van der Waals surface area contributed by atoms with Gasteiger partial charge in [-0.1, -0.05) is 110 Å². The Balaban J connectivity index is 2.19. The van der Waals surface area contributed by atoms with E-state index >= 15 is 0 Å². The van der Waals surface area contributed by atoms with Crippen LogP contribution >= 0.6 is 0 Å². The third-order valence-corrected chi connectivity index (χ3v) is 5.21. The molecular weight excluding hydrogens is 386 g/mol. The van der Waals surface area contributed by atoms with Crippen LogP contribution in [0.5, 0.6) is 0 Å². The zero-order valence-corrected chi connectivity index (χ0v) is 19.2. The highest BCUT2D eigenvalue weighted by molar-refractivity contribution is 6.03. The Morgan fingerprint density at radius 1 is 0.844 bits per heavy atom. The Morgan fingerprint density at radius 3 is 2.25 bits per heavy atom. The van der Waals surface area contributed by atoms with E-state index in [1.54, 1.807) is 0 Å². The Labute approximate surface area is 192 Å². The molecule has 3 aromatic rings. The maximum Gasteiger partial charge on any atom is 0.0474 e. The normalized spacial score (nSPS) is 13.2. The lowest BCUT2D eigenvalue weighted by molar-refractivity contribution is 1.29. The molecule has 0 aliphatic heterocycles. The monoisotopic (exact) mass is 417 g/mol. The lowest BCUT2D eigenvalue weighted by Crippen LogP contribution is -1.88. The van der Waals surface area contributed by atoms with Gasteiger partial charge in [-0.3, -0.25) is 0 Å². The van der Waals surface area contributed by atoms with Crippen molar-refractivity contribution in [2.45, 2.75) is 20.8 Å². The molecule has 0 aliphatic rings. The second-order valence-corrected chi connectivity index (χ2v) is 7.49. The number of allylic oxidation sites excluding steroid dienone is 12. The highest BCUT2D eigenvalue weighted by Crippen LogP contribution is 2.36. The lowest BCUT2D eigenvalue weighted by Gasteiger charge is -2.11. The summed E-state index contributed by atoms with van der Waals surface area (Å²) in [5.74, 6) is 0. The lowest BCUT2D eigenvalue weighted by atomic mass is 9.93. The van der Waals surface area contributed by atoms with Crippen LogP contribution in [0.15, 0.2) is 116 Å². The van der Waals surface area contributed by atoms with Crippen molar-refractivity contribution in [3.8, 4) is 11.1 Å². The van der Waals surface area contributed by atoms with E-state index in [0.29, 0.717) is 0 Å². The molecule has 0 amide bonds. The second kappa shape index (κ2) is 11.5. The zero-order chi connectivity index (χ0) is 22.8. The van der Waals surface area contributed by atoms with E-state index < -0.39 is 0 Å². The summed E-state index contributed by atoms with van der Waals surface area (Å²) < 4.78 is 0. The van der Waals surface area contributed by atoms with Crippen LogP contribution in [0.25, 0.3) is 33.7 Å². The van der Waals surface area contributed by atoms with Crippen LogP contribution in [0, 0.1) is 6.92 Å². The molecule has 1 heteroatoms. The van der Waals surface area contributed by atoms with E-state index in [0.717, 1.165) is 16.8 Å². The third kappa shape index (κ3) is 5.44. The molecule has 3 rings (SSSR count). The summed E-state index contributed by atoms with van der Waals surface area (Å²) >= 11 is 0. The topological polar surface area (TPSA) is 15.8 Å². The summed E-state index contributed by atoms with van der Waals surface area (Å²) in [6.07, 6.45) is 24.6. The van der Waals surface area contributed by atoms with Gasteiger partial charge in [0, 0.05) is 22.2 Å². The van der Waals surface area contributed by atoms with E-state index in [4.69, 9.17) is 0 Å². The van der Waals surface area contributed by atoms with Gasteiger partial charge in [-0.15, -0.1) is 0 Å². The average molecular weight is 418 g/mol. The van der Waals surface area contributed by atoms with Crippen molar-refractivity contribution in [3.63, 3.8) is 0 Å². The molecule has 160 valence electrons. The molecule has 0 saturated carbocycles. The molecule has 32 heavy (non-hydrogen) atoms. The van der Waals surface area contributed by atoms with Crippen molar-refractivity contribution >= 4 is 22.6 Å². The number of aromatic nitrogens is 1. The molecule has 0 aliphatic carbocycles. The molecule has 1 aromatic heterocycles. The number of nitrogens with one attached hydrogen (secondary N) is 1. The molecule has 1 heterocycles. The predicted molar refractivity (Wildman–Crippen MR) is 144 cm³/mol. The summed E-state index contributed by atoms with van der Waals surface area (Å²) in [6, 6.07) is 15.0. The number of hydrogen-bond donors (Lipinski definition) is 1. The van der Waals surface area contributed by atoms with Crippen molar-refractivity contribution in [1.29, 1.82) is 0 Å². The van der Waals surface area contributed by atoms with Gasteiger partial charge in [0.1, 0.15) is 0 Å². The van der Waals surface area contributed by atoms with Crippen molar-refractivity contribution in [3.05, 3.63) is 133 Å². The smallest absolute Gasteiger partial charge is 0.0474 e. The van der Waals surface area contributed by atoms with Crippen LogP contribution in [0.2, 0.25) is 0 Å². The number of aromatic amines is 1. The van der Waals surface area contributed by atoms with Gasteiger partial charge in [-0.25, -0.2) is 0 Å². The molecule has 1 nitrogen and oxygen atoms in total. The molecule has 0 spiro atoms. The summed E-state index contributed by atoms with van der Waals surface area (Å²) in [7, 11) is 0. The summed E-state index contributed by atoms with van der Waals surface area (Å²) in [5, 5.41) is 1.22. The standard InChI is InChI=1S/C31H31N/c1-5-8-9-10-11-12-16-21-28-24(4)32-30-23-27(25-19-14-13-15-20-25)22-29(31(28)30)26(17-6-2)18-7-3/h5-23,32H,2H2,1,3-4H3/b8-5+,10-9-,12-11-,18-7-,21-16-,26-17+. The fraction of sp³-hybridized carbons (Fsp3) is 0.0968. The first-order valence-corrected chi connectivity index (χ1v) is 11.0. The van der Waals surface area contributed by atoms with Crippen LogP contribution in [0.1, 0.15) is 30.7 Å². The number of benzene rings is 2. The molecular formula is C31H31N. The first-order chi connectivity index (χ1) is 15.7. The first kappa shape index (κ1) is 22.8. The van der Waals surface area contributed by atoms with Gasteiger partial charge in [0.2, 0.25) is 0 Å². The Morgan fingerprint density at radius 2 is 1.56 bits per heavy atom. The second-order valence-electron chi connectivity index (χ2n) is 7.49. The van der Waals surface area contributed by atoms with Crippen molar-refractivity contribution in [2.24, 2.45) is 0 Å². The van der Waals surface area contributed by atoms with Gasteiger partial charge in [0.25, 0.3) is 0 Å². The molecule has 0 bridgehead atoms. The zero-order valence-electron chi connectivity index (χ0n) is 19.2. The fourth-order valence-electron chi connectivity index (χ4n) is 3.78. The van der Waals surface area contributed by atoms with Gasteiger partial charge in [0.15, 0.2) is 0 Å².